The molecule has 92 valence electrons. The molecule has 0 saturated carbocycles. The van der Waals surface area contributed by atoms with Crippen LogP contribution >= 0.6 is 10.3 Å². The van der Waals surface area contributed by atoms with Gasteiger partial charge in [-0.05, 0) is 24.7 Å². The van der Waals surface area contributed by atoms with E-state index in [9.17, 15) is 0 Å². The SMILES string of the molecule is C1CCOCC1.C=CS(CC)(CO)OC. The molecule has 1 saturated heterocycles. The van der Waals surface area contributed by atoms with Gasteiger partial charge < -0.3 is 14.0 Å². The Bertz CT molecular complexity index is 134. The summed E-state index contributed by atoms with van der Waals surface area (Å²) in [6.07, 6.45) is 3.93. The summed E-state index contributed by atoms with van der Waals surface area (Å²) in [7, 11) is 0.279. The molecule has 0 bridgehead atoms. The summed E-state index contributed by atoms with van der Waals surface area (Å²) < 4.78 is 10.2. The van der Waals surface area contributed by atoms with Gasteiger partial charge in [0.15, 0.2) is 0 Å². The summed E-state index contributed by atoms with van der Waals surface area (Å²) in [6.45, 7) is 7.58. The van der Waals surface area contributed by atoms with E-state index in [1.54, 1.807) is 12.5 Å². The fourth-order valence-electron chi connectivity index (χ4n) is 1.19. The Balaban J connectivity index is 0.000000280. The van der Waals surface area contributed by atoms with Crippen molar-refractivity contribution in [3.05, 3.63) is 12.0 Å². The molecular formula is C11H24O3S. The third-order valence-corrected chi connectivity index (χ3v) is 5.11. The maximum atomic E-state index is 8.82. The lowest BCUT2D eigenvalue weighted by molar-refractivity contribution is 0.0968. The van der Waals surface area contributed by atoms with Crippen LogP contribution in [-0.4, -0.2) is 37.1 Å². The van der Waals surface area contributed by atoms with Crippen molar-refractivity contribution in [3.63, 3.8) is 0 Å². The zero-order chi connectivity index (χ0) is 11.6. The number of aliphatic hydroxyl groups excluding tert-OH is 1. The Hall–Kier alpha value is -0.0300. The van der Waals surface area contributed by atoms with Crippen molar-refractivity contribution < 1.29 is 14.0 Å². The second kappa shape index (κ2) is 9.21. The fourth-order valence-corrected chi connectivity index (χ4v) is 2.19. The molecule has 0 radical (unpaired) electrons. The van der Waals surface area contributed by atoms with Gasteiger partial charge in [0.2, 0.25) is 0 Å². The van der Waals surface area contributed by atoms with Crippen molar-refractivity contribution in [3.8, 4) is 0 Å². The van der Waals surface area contributed by atoms with Gasteiger partial charge in [-0.2, -0.15) is 0 Å². The summed E-state index contributed by atoms with van der Waals surface area (Å²) in [6, 6.07) is 0. The van der Waals surface area contributed by atoms with E-state index in [1.807, 2.05) is 6.92 Å². The number of ether oxygens (including phenoxy) is 1. The minimum absolute atomic E-state index is 0.0868. The number of rotatable bonds is 4. The van der Waals surface area contributed by atoms with Crippen molar-refractivity contribution in [2.24, 2.45) is 0 Å². The summed E-state index contributed by atoms with van der Waals surface area (Å²) in [4.78, 5) is 0. The van der Waals surface area contributed by atoms with Gasteiger partial charge in [-0.3, -0.25) is 0 Å². The van der Waals surface area contributed by atoms with Crippen molar-refractivity contribution in [2.45, 2.75) is 26.2 Å². The molecule has 0 aromatic carbocycles. The monoisotopic (exact) mass is 236 g/mol. The molecule has 1 rings (SSSR count). The second-order valence-electron chi connectivity index (χ2n) is 3.29. The molecule has 1 unspecified atom stereocenters. The van der Waals surface area contributed by atoms with E-state index in [2.05, 4.69) is 6.58 Å². The molecule has 1 heterocycles. The summed E-state index contributed by atoms with van der Waals surface area (Å²) in [5, 5.41) is 10.5. The number of aliphatic hydroxyl groups is 1. The average Bonchev–Trinajstić information content (AvgIpc) is 2.36. The largest absolute Gasteiger partial charge is 0.385 e. The van der Waals surface area contributed by atoms with Crippen LogP contribution in [0, 0.1) is 0 Å². The van der Waals surface area contributed by atoms with Gasteiger partial charge >= 0.3 is 0 Å². The molecule has 0 aromatic heterocycles. The molecule has 1 fully saturated rings. The third kappa shape index (κ3) is 6.20. The van der Waals surface area contributed by atoms with Gasteiger partial charge in [-0.1, -0.05) is 23.8 Å². The normalized spacial score (nSPS) is 21.8. The van der Waals surface area contributed by atoms with Gasteiger partial charge in [-0.25, -0.2) is 0 Å². The quantitative estimate of drug-likeness (QED) is 0.815. The molecule has 15 heavy (non-hydrogen) atoms. The first-order valence-corrected chi connectivity index (χ1v) is 7.36. The van der Waals surface area contributed by atoms with E-state index < -0.39 is 10.3 Å². The van der Waals surface area contributed by atoms with E-state index in [0.717, 1.165) is 19.0 Å². The average molecular weight is 236 g/mol. The van der Waals surface area contributed by atoms with Gasteiger partial charge in [-0.15, -0.1) is 0 Å². The van der Waals surface area contributed by atoms with Crippen LogP contribution in [0.15, 0.2) is 12.0 Å². The van der Waals surface area contributed by atoms with E-state index >= 15 is 0 Å². The second-order valence-corrected chi connectivity index (χ2v) is 6.53. The van der Waals surface area contributed by atoms with E-state index in [0.29, 0.717) is 0 Å². The first kappa shape index (κ1) is 15.0. The maximum Gasteiger partial charge on any atom is 0.0973 e. The van der Waals surface area contributed by atoms with Crippen LogP contribution < -0.4 is 0 Å². The van der Waals surface area contributed by atoms with Crippen LogP contribution in [0.5, 0.6) is 0 Å². The lowest BCUT2D eigenvalue weighted by Gasteiger charge is -2.30. The Kier molecular flexibility index (Phi) is 9.20. The predicted octanol–water partition coefficient (Wildman–Crippen LogP) is 2.65. The highest BCUT2D eigenvalue weighted by atomic mass is 32.3. The van der Waals surface area contributed by atoms with Crippen LogP contribution in [0.3, 0.4) is 0 Å². The molecule has 0 aromatic rings. The third-order valence-electron chi connectivity index (χ3n) is 2.42. The zero-order valence-corrected chi connectivity index (χ0v) is 10.7. The van der Waals surface area contributed by atoms with Crippen molar-refractivity contribution in [1.82, 2.24) is 0 Å². The Morgan fingerprint density at radius 2 is 2.00 bits per heavy atom. The van der Waals surface area contributed by atoms with Crippen LogP contribution in [0.2, 0.25) is 0 Å². The maximum absolute atomic E-state index is 8.82. The molecule has 1 aliphatic heterocycles. The van der Waals surface area contributed by atoms with Crippen LogP contribution in [0.4, 0.5) is 0 Å². The first-order chi connectivity index (χ1) is 7.24. The highest BCUT2D eigenvalue weighted by Crippen LogP contribution is 2.47. The molecule has 0 aliphatic carbocycles. The van der Waals surface area contributed by atoms with Crippen molar-refractivity contribution >= 4 is 10.3 Å². The van der Waals surface area contributed by atoms with Crippen LogP contribution in [-0.2, 0) is 8.92 Å². The number of hydrogen-bond donors (Lipinski definition) is 1. The Morgan fingerprint density at radius 3 is 2.07 bits per heavy atom. The molecule has 3 nitrogen and oxygen atoms in total. The van der Waals surface area contributed by atoms with Crippen LogP contribution in [0.1, 0.15) is 26.2 Å². The Morgan fingerprint density at radius 1 is 1.40 bits per heavy atom. The topological polar surface area (TPSA) is 38.7 Å². The lowest BCUT2D eigenvalue weighted by Crippen LogP contribution is -2.05. The predicted molar refractivity (Wildman–Crippen MR) is 67.1 cm³/mol. The smallest absolute Gasteiger partial charge is 0.0973 e. The first-order valence-electron chi connectivity index (χ1n) is 5.40. The molecule has 0 spiro atoms. The van der Waals surface area contributed by atoms with Crippen molar-refractivity contribution in [1.29, 1.82) is 0 Å². The van der Waals surface area contributed by atoms with Crippen LogP contribution in [0.25, 0.3) is 0 Å². The van der Waals surface area contributed by atoms with E-state index in [1.165, 1.54) is 19.3 Å². The van der Waals surface area contributed by atoms with E-state index in [-0.39, 0.29) is 5.94 Å². The lowest BCUT2D eigenvalue weighted by atomic mass is 10.2. The summed E-state index contributed by atoms with van der Waals surface area (Å²) in [5.41, 5.74) is 0. The number of hydrogen-bond acceptors (Lipinski definition) is 3. The van der Waals surface area contributed by atoms with Crippen molar-refractivity contribution in [2.75, 3.05) is 32.0 Å². The molecule has 1 N–H and O–H groups in total. The highest BCUT2D eigenvalue weighted by Gasteiger charge is 2.14. The summed E-state index contributed by atoms with van der Waals surface area (Å²) >= 11 is 0. The molecule has 0 amide bonds. The minimum Gasteiger partial charge on any atom is -0.385 e. The Labute approximate surface area is 95.0 Å². The van der Waals surface area contributed by atoms with Gasteiger partial charge in [0.1, 0.15) is 0 Å². The summed E-state index contributed by atoms with van der Waals surface area (Å²) in [5.74, 6) is 0.924. The zero-order valence-electron chi connectivity index (χ0n) is 9.91. The van der Waals surface area contributed by atoms with Gasteiger partial charge in [0.25, 0.3) is 0 Å². The fraction of sp³-hybridized carbons (Fsp3) is 0.818. The molecular weight excluding hydrogens is 212 g/mol. The minimum atomic E-state index is -1.33. The standard InChI is InChI=1S/C6H14O2S.C5H10O/c1-4-9(5-2,6-7)8-3;1-2-4-6-5-3-1/h4,7H,1,5-6H2,2-3H3;1-5H2. The molecule has 1 atom stereocenters. The van der Waals surface area contributed by atoms with Gasteiger partial charge in [0, 0.05) is 26.1 Å². The highest BCUT2D eigenvalue weighted by molar-refractivity contribution is 8.32. The van der Waals surface area contributed by atoms with E-state index in [4.69, 9.17) is 14.0 Å². The molecule has 1 aliphatic rings. The van der Waals surface area contributed by atoms with Gasteiger partial charge in [0.05, 0.1) is 5.94 Å². The molecule has 4 heteroatoms.